The molecule has 5 rings (SSSR count). The van der Waals surface area contributed by atoms with Crippen LogP contribution in [0.2, 0.25) is 0 Å². The number of anilines is 2. The second kappa shape index (κ2) is 7.92. The minimum absolute atomic E-state index is 0.0486. The molecule has 2 aromatic heterocycles. The molecule has 0 unspecified atom stereocenters. The van der Waals surface area contributed by atoms with Crippen LogP contribution < -0.4 is 10.6 Å². The lowest BCUT2D eigenvalue weighted by atomic mass is 10.0. The van der Waals surface area contributed by atoms with Gasteiger partial charge in [-0.1, -0.05) is 35.0 Å². The van der Waals surface area contributed by atoms with Crippen molar-refractivity contribution in [3.05, 3.63) is 71.4 Å². The van der Waals surface area contributed by atoms with E-state index < -0.39 is 0 Å². The fourth-order valence-electron chi connectivity index (χ4n) is 3.57. The van der Waals surface area contributed by atoms with Crippen molar-refractivity contribution in [2.75, 3.05) is 10.6 Å². The van der Waals surface area contributed by atoms with Crippen LogP contribution in [-0.4, -0.2) is 22.0 Å². The Labute approximate surface area is 184 Å². The maximum absolute atomic E-state index is 13.2. The summed E-state index contributed by atoms with van der Waals surface area (Å²) in [6, 6.07) is 16.8. The van der Waals surface area contributed by atoms with Crippen molar-refractivity contribution in [3.63, 3.8) is 0 Å². The number of aryl methyl sites for hydroxylation is 2. The van der Waals surface area contributed by atoms with Crippen LogP contribution in [0.15, 0.2) is 59.1 Å². The lowest BCUT2D eigenvalue weighted by Gasteiger charge is -2.10. The lowest BCUT2D eigenvalue weighted by molar-refractivity contribution is -0.117. The molecule has 32 heavy (non-hydrogen) atoms. The predicted molar refractivity (Wildman–Crippen MR) is 122 cm³/mol. The zero-order valence-corrected chi connectivity index (χ0v) is 17.8. The lowest BCUT2D eigenvalue weighted by Crippen LogP contribution is -2.14. The van der Waals surface area contributed by atoms with Crippen molar-refractivity contribution >= 4 is 34.3 Å². The van der Waals surface area contributed by atoms with E-state index >= 15 is 0 Å². The summed E-state index contributed by atoms with van der Waals surface area (Å²) in [5.74, 6) is -0.0997. The molecule has 160 valence electrons. The highest BCUT2D eigenvalue weighted by molar-refractivity contribution is 6.13. The fourth-order valence-corrected chi connectivity index (χ4v) is 3.57. The first-order valence-corrected chi connectivity index (χ1v) is 10.5. The Bertz CT molecular complexity index is 1320. The molecule has 0 aliphatic heterocycles. The Kier molecular flexibility index (Phi) is 4.93. The SMILES string of the molecule is Cc1ccc(-c2cc(C(=O)Nc3ccc(NC(=O)C4CC4)cc3)c3c(C)noc3n2)cc1. The smallest absolute Gasteiger partial charge is 0.259 e. The quantitative estimate of drug-likeness (QED) is 0.462. The summed E-state index contributed by atoms with van der Waals surface area (Å²) < 4.78 is 5.37. The summed E-state index contributed by atoms with van der Waals surface area (Å²) in [7, 11) is 0. The minimum atomic E-state index is -0.285. The van der Waals surface area contributed by atoms with Crippen LogP contribution in [0.3, 0.4) is 0 Å². The number of rotatable bonds is 5. The zero-order valence-electron chi connectivity index (χ0n) is 17.8. The number of benzene rings is 2. The molecule has 1 saturated carbocycles. The fraction of sp³-hybridized carbons (Fsp3) is 0.200. The molecule has 7 heteroatoms. The third-order valence-electron chi connectivity index (χ3n) is 5.57. The van der Waals surface area contributed by atoms with Gasteiger partial charge in [-0.15, -0.1) is 0 Å². The van der Waals surface area contributed by atoms with Gasteiger partial charge in [0.2, 0.25) is 5.91 Å². The van der Waals surface area contributed by atoms with Gasteiger partial charge in [0, 0.05) is 22.9 Å². The van der Waals surface area contributed by atoms with Crippen LogP contribution >= 0.6 is 0 Å². The second-order valence-electron chi connectivity index (χ2n) is 8.16. The number of fused-ring (bicyclic) bond motifs is 1. The average Bonchev–Trinajstić information content (AvgIpc) is 3.58. The molecule has 2 heterocycles. The van der Waals surface area contributed by atoms with Gasteiger partial charge in [-0.25, -0.2) is 4.98 Å². The van der Waals surface area contributed by atoms with Gasteiger partial charge in [0.25, 0.3) is 11.6 Å². The van der Waals surface area contributed by atoms with Crippen molar-refractivity contribution in [1.29, 1.82) is 0 Å². The highest BCUT2D eigenvalue weighted by Crippen LogP contribution is 2.31. The molecule has 1 aliphatic rings. The molecular formula is C25H22N4O3. The summed E-state index contributed by atoms with van der Waals surface area (Å²) in [6.45, 7) is 3.80. The molecule has 1 aliphatic carbocycles. The number of carbonyl (C=O) groups excluding carboxylic acids is 2. The van der Waals surface area contributed by atoms with Crippen LogP contribution in [0.25, 0.3) is 22.4 Å². The van der Waals surface area contributed by atoms with E-state index in [4.69, 9.17) is 4.52 Å². The predicted octanol–water partition coefficient (Wildman–Crippen LogP) is 5.11. The van der Waals surface area contributed by atoms with Crippen LogP contribution in [0.4, 0.5) is 11.4 Å². The van der Waals surface area contributed by atoms with Gasteiger partial charge in [0.1, 0.15) is 0 Å². The molecule has 2 N–H and O–H groups in total. The number of pyridine rings is 1. The largest absolute Gasteiger partial charge is 0.335 e. The van der Waals surface area contributed by atoms with Gasteiger partial charge < -0.3 is 15.2 Å². The number of nitrogens with zero attached hydrogens (tertiary/aromatic N) is 2. The standard InChI is InChI=1S/C25H22N4O3/c1-14-3-5-16(6-4-14)21-13-20(22-15(2)29-32-25(22)28-21)24(31)27-19-11-9-18(10-12-19)26-23(30)17-7-8-17/h3-6,9-13,17H,7-8H2,1-2H3,(H,26,30)(H,27,31). The molecule has 4 aromatic rings. The molecule has 0 radical (unpaired) electrons. The van der Waals surface area contributed by atoms with Crippen molar-refractivity contribution in [2.24, 2.45) is 5.92 Å². The van der Waals surface area contributed by atoms with E-state index in [1.165, 1.54) is 0 Å². The van der Waals surface area contributed by atoms with E-state index in [0.717, 1.165) is 24.0 Å². The van der Waals surface area contributed by atoms with Gasteiger partial charge in [0.15, 0.2) is 0 Å². The molecule has 0 spiro atoms. The van der Waals surface area contributed by atoms with Gasteiger partial charge >= 0.3 is 0 Å². The maximum Gasteiger partial charge on any atom is 0.259 e. The van der Waals surface area contributed by atoms with E-state index in [-0.39, 0.29) is 17.7 Å². The summed E-state index contributed by atoms with van der Waals surface area (Å²) >= 11 is 0. The van der Waals surface area contributed by atoms with E-state index in [1.54, 1.807) is 37.3 Å². The van der Waals surface area contributed by atoms with Gasteiger partial charge in [-0.3, -0.25) is 9.59 Å². The molecule has 0 atom stereocenters. The first-order chi connectivity index (χ1) is 15.5. The van der Waals surface area contributed by atoms with E-state index in [0.29, 0.717) is 39.4 Å². The Morgan fingerprint density at radius 2 is 1.59 bits per heavy atom. The molecule has 0 saturated heterocycles. The molecule has 2 amide bonds. The average molecular weight is 426 g/mol. The molecular weight excluding hydrogens is 404 g/mol. The summed E-state index contributed by atoms with van der Waals surface area (Å²) in [5.41, 5.74) is 5.36. The van der Waals surface area contributed by atoms with Gasteiger partial charge in [-0.2, -0.15) is 0 Å². The summed E-state index contributed by atoms with van der Waals surface area (Å²) in [6.07, 6.45) is 1.90. The van der Waals surface area contributed by atoms with Crippen molar-refractivity contribution in [2.45, 2.75) is 26.7 Å². The zero-order chi connectivity index (χ0) is 22.2. The Morgan fingerprint density at radius 3 is 2.25 bits per heavy atom. The third kappa shape index (κ3) is 3.97. The number of amides is 2. The number of hydrogen-bond acceptors (Lipinski definition) is 5. The number of carbonyl (C=O) groups is 2. The normalized spacial score (nSPS) is 13.2. The molecule has 2 aromatic carbocycles. The summed E-state index contributed by atoms with van der Waals surface area (Å²) in [4.78, 5) is 29.7. The molecule has 7 nitrogen and oxygen atoms in total. The van der Waals surface area contributed by atoms with E-state index in [9.17, 15) is 9.59 Å². The Morgan fingerprint density at radius 1 is 0.938 bits per heavy atom. The number of aromatic nitrogens is 2. The Hall–Kier alpha value is -4.00. The highest BCUT2D eigenvalue weighted by atomic mass is 16.5. The molecule has 1 fully saturated rings. The van der Waals surface area contributed by atoms with Crippen LogP contribution in [0.1, 0.15) is 34.5 Å². The minimum Gasteiger partial charge on any atom is -0.335 e. The van der Waals surface area contributed by atoms with Gasteiger partial charge in [-0.05, 0) is 57.0 Å². The number of nitrogens with one attached hydrogen (secondary N) is 2. The molecule has 0 bridgehead atoms. The van der Waals surface area contributed by atoms with Crippen LogP contribution in [0, 0.1) is 19.8 Å². The van der Waals surface area contributed by atoms with Gasteiger partial charge in [0.05, 0.1) is 22.3 Å². The Balaban J connectivity index is 1.42. The van der Waals surface area contributed by atoms with E-state index in [1.807, 2.05) is 31.2 Å². The highest BCUT2D eigenvalue weighted by Gasteiger charge is 2.29. The number of hydrogen-bond donors (Lipinski definition) is 2. The monoisotopic (exact) mass is 426 g/mol. The second-order valence-corrected chi connectivity index (χ2v) is 8.16. The van der Waals surface area contributed by atoms with Crippen LogP contribution in [0.5, 0.6) is 0 Å². The summed E-state index contributed by atoms with van der Waals surface area (Å²) in [5, 5.41) is 10.4. The first kappa shape index (κ1) is 19.9. The third-order valence-corrected chi connectivity index (χ3v) is 5.57. The topological polar surface area (TPSA) is 97.1 Å². The van der Waals surface area contributed by atoms with Crippen molar-refractivity contribution in [1.82, 2.24) is 10.1 Å². The maximum atomic E-state index is 13.2. The van der Waals surface area contributed by atoms with Crippen molar-refractivity contribution < 1.29 is 14.1 Å². The first-order valence-electron chi connectivity index (χ1n) is 10.5. The van der Waals surface area contributed by atoms with Crippen molar-refractivity contribution in [3.8, 4) is 11.3 Å². The van der Waals surface area contributed by atoms with Crippen LogP contribution in [-0.2, 0) is 4.79 Å². The van der Waals surface area contributed by atoms with E-state index in [2.05, 4.69) is 20.8 Å².